The Kier molecular flexibility index (Phi) is 5.24. The van der Waals surface area contributed by atoms with Crippen molar-refractivity contribution in [3.8, 4) is 0 Å². The van der Waals surface area contributed by atoms with Crippen LogP contribution in [0.3, 0.4) is 0 Å². The fourth-order valence-corrected chi connectivity index (χ4v) is 3.90. The highest BCUT2D eigenvalue weighted by Gasteiger charge is 2.17. The summed E-state index contributed by atoms with van der Waals surface area (Å²) >= 11 is -1.53. The van der Waals surface area contributed by atoms with Crippen molar-refractivity contribution in [3.63, 3.8) is 0 Å². The second-order valence-corrected chi connectivity index (χ2v) is 7.86. The number of carbonyl (C=O) groups excluding carboxylic acids is 1. The summed E-state index contributed by atoms with van der Waals surface area (Å²) in [7, 11) is 0. The number of carbonyl (C=O) groups is 1. The fourth-order valence-electron chi connectivity index (χ4n) is 2.78. The number of fused-ring (bicyclic) bond motifs is 1. The second kappa shape index (κ2) is 7.98. The molecule has 4 rings (SSSR count). The van der Waals surface area contributed by atoms with Crippen molar-refractivity contribution < 1.29 is 13.7 Å². The van der Waals surface area contributed by atoms with Gasteiger partial charge >= 0.3 is 0 Å². The van der Waals surface area contributed by atoms with E-state index < -0.39 is 17.0 Å². The molecule has 146 valence electrons. The van der Waals surface area contributed by atoms with Gasteiger partial charge in [0.1, 0.15) is 5.82 Å². The predicted molar refractivity (Wildman–Crippen MR) is 104 cm³/mol. The minimum absolute atomic E-state index is 0.201. The van der Waals surface area contributed by atoms with Crippen LogP contribution in [0.5, 0.6) is 0 Å². The summed E-state index contributed by atoms with van der Waals surface area (Å²) < 4.78 is 27.8. The number of imidazole rings is 1. The van der Waals surface area contributed by atoms with E-state index in [2.05, 4.69) is 20.3 Å². The molecule has 29 heavy (non-hydrogen) atoms. The molecular weight excluding hydrogens is 393 g/mol. The van der Waals surface area contributed by atoms with Gasteiger partial charge in [0.15, 0.2) is 9.79 Å². The molecule has 0 aliphatic rings. The average Bonchev–Trinajstić information content (AvgIpc) is 3.19. The third kappa shape index (κ3) is 4.25. The van der Waals surface area contributed by atoms with Crippen LogP contribution in [0.4, 0.5) is 4.39 Å². The number of pyridine rings is 1. The lowest BCUT2D eigenvalue weighted by Crippen LogP contribution is -2.23. The van der Waals surface area contributed by atoms with Gasteiger partial charge in [-0.15, -0.1) is 0 Å². The van der Waals surface area contributed by atoms with Crippen LogP contribution in [0.2, 0.25) is 0 Å². The van der Waals surface area contributed by atoms with E-state index in [9.17, 15) is 13.7 Å². The molecule has 0 saturated heterocycles. The van der Waals surface area contributed by atoms with E-state index in [1.54, 1.807) is 48.1 Å². The average molecular weight is 409 g/mol. The zero-order valence-corrected chi connectivity index (χ0v) is 16.2. The minimum atomic E-state index is -1.53. The molecule has 0 spiro atoms. The van der Waals surface area contributed by atoms with Crippen molar-refractivity contribution in [1.82, 2.24) is 24.7 Å². The molecule has 0 radical (unpaired) electrons. The first kappa shape index (κ1) is 19.0. The third-order valence-corrected chi connectivity index (χ3v) is 5.51. The Morgan fingerprint density at radius 3 is 2.79 bits per heavy atom. The van der Waals surface area contributed by atoms with Gasteiger partial charge in [0, 0.05) is 42.0 Å². The van der Waals surface area contributed by atoms with Gasteiger partial charge in [-0.3, -0.25) is 14.2 Å². The fraction of sp³-hybridized carbons (Fsp3) is 0.100. The van der Waals surface area contributed by atoms with E-state index in [0.29, 0.717) is 32.4 Å². The van der Waals surface area contributed by atoms with Crippen molar-refractivity contribution in [2.45, 2.75) is 23.3 Å². The van der Waals surface area contributed by atoms with E-state index in [0.717, 1.165) is 0 Å². The highest BCUT2D eigenvalue weighted by molar-refractivity contribution is 7.91. The number of aromatic nitrogens is 4. The van der Waals surface area contributed by atoms with E-state index in [4.69, 9.17) is 0 Å². The first-order valence-electron chi connectivity index (χ1n) is 8.70. The van der Waals surface area contributed by atoms with E-state index in [-0.39, 0.29) is 12.5 Å². The molecule has 3 aromatic heterocycles. The van der Waals surface area contributed by atoms with Gasteiger partial charge in [-0.2, -0.15) is 0 Å². The Bertz CT molecular complexity index is 1160. The Morgan fingerprint density at radius 1 is 1.17 bits per heavy atom. The van der Waals surface area contributed by atoms with E-state index in [1.807, 2.05) is 0 Å². The third-order valence-electron chi connectivity index (χ3n) is 4.18. The monoisotopic (exact) mass is 409 g/mol. The smallest absolute Gasteiger partial charge is 0.254 e. The summed E-state index contributed by atoms with van der Waals surface area (Å²) in [4.78, 5) is 25.5. The number of nitrogens with one attached hydrogen (secondary N) is 1. The molecule has 1 amide bonds. The van der Waals surface area contributed by atoms with Crippen LogP contribution >= 0.6 is 0 Å². The van der Waals surface area contributed by atoms with Gasteiger partial charge in [-0.1, -0.05) is 0 Å². The van der Waals surface area contributed by atoms with Gasteiger partial charge in [-0.25, -0.2) is 14.4 Å². The molecular formula is C20H16FN5O2S. The molecule has 1 atom stereocenters. The van der Waals surface area contributed by atoms with Crippen molar-refractivity contribution in [2.24, 2.45) is 0 Å². The zero-order valence-electron chi connectivity index (χ0n) is 15.4. The Morgan fingerprint density at radius 2 is 2.03 bits per heavy atom. The first-order chi connectivity index (χ1) is 14.0. The van der Waals surface area contributed by atoms with Gasteiger partial charge in [-0.05, 0) is 36.8 Å². The molecule has 1 unspecified atom stereocenters. The van der Waals surface area contributed by atoms with Gasteiger partial charge in [0.25, 0.3) is 5.91 Å². The molecule has 0 fully saturated rings. The van der Waals surface area contributed by atoms with E-state index in [1.165, 1.54) is 24.5 Å². The number of hydrogen-bond acceptors (Lipinski definition) is 5. The SMILES string of the molecule is Cc1cc(F)cc([S+]([O-])c2ccc(CNC(=O)c3cnc4nccn4c3)nc2)c1. The molecule has 1 aromatic carbocycles. The van der Waals surface area contributed by atoms with Crippen LogP contribution in [-0.4, -0.2) is 29.8 Å². The molecule has 1 N–H and O–H groups in total. The lowest BCUT2D eigenvalue weighted by atomic mass is 10.2. The predicted octanol–water partition coefficient (Wildman–Crippen LogP) is 2.67. The van der Waals surface area contributed by atoms with Crippen molar-refractivity contribution in [1.29, 1.82) is 0 Å². The molecule has 3 heterocycles. The number of rotatable bonds is 5. The van der Waals surface area contributed by atoms with Crippen LogP contribution in [0.1, 0.15) is 21.6 Å². The Hall–Kier alpha value is -3.30. The lowest BCUT2D eigenvalue weighted by molar-refractivity contribution is 0.0949. The molecule has 7 nitrogen and oxygen atoms in total. The van der Waals surface area contributed by atoms with Crippen molar-refractivity contribution >= 4 is 22.9 Å². The normalized spacial score (nSPS) is 12.1. The maximum atomic E-state index is 13.6. The summed E-state index contributed by atoms with van der Waals surface area (Å²) in [6.45, 7) is 1.95. The topological polar surface area (TPSA) is 95.2 Å². The molecule has 0 saturated carbocycles. The Labute approximate surface area is 168 Å². The van der Waals surface area contributed by atoms with Crippen molar-refractivity contribution in [3.05, 3.63) is 84.0 Å². The van der Waals surface area contributed by atoms with Crippen LogP contribution in [0.25, 0.3) is 5.78 Å². The molecule has 9 heteroatoms. The number of halogens is 1. The van der Waals surface area contributed by atoms with Crippen LogP contribution in [0.15, 0.2) is 71.1 Å². The standard InChI is InChI=1S/C20H16FN5O2S/c1-13-6-15(21)8-18(7-13)29(28)17-3-2-16(23-11-17)10-24-19(27)14-9-25-20-22-4-5-26(20)12-14/h2-9,11-12H,10H2,1H3,(H,24,27). The number of hydrogen-bond donors (Lipinski definition) is 1. The van der Waals surface area contributed by atoms with Gasteiger partial charge < -0.3 is 9.87 Å². The summed E-state index contributed by atoms with van der Waals surface area (Å²) in [5, 5.41) is 2.77. The first-order valence-corrected chi connectivity index (χ1v) is 9.85. The summed E-state index contributed by atoms with van der Waals surface area (Å²) in [6.07, 6.45) is 7.88. The lowest BCUT2D eigenvalue weighted by Gasteiger charge is -2.11. The number of benzene rings is 1. The van der Waals surface area contributed by atoms with Gasteiger partial charge in [0.2, 0.25) is 5.78 Å². The molecule has 0 aliphatic heterocycles. The maximum Gasteiger partial charge on any atom is 0.254 e. The summed E-state index contributed by atoms with van der Waals surface area (Å²) in [6, 6.07) is 7.65. The number of amides is 1. The maximum absolute atomic E-state index is 13.6. The van der Waals surface area contributed by atoms with Crippen LogP contribution in [0, 0.1) is 12.7 Å². The zero-order chi connectivity index (χ0) is 20.4. The highest BCUT2D eigenvalue weighted by Crippen LogP contribution is 2.22. The summed E-state index contributed by atoms with van der Waals surface area (Å²) in [5.74, 6) is -0.206. The quantitative estimate of drug-likeness (QED) is 0.512. The van der Waals surface area contributed by atoms with E-state index >= 15 is 0 Å². The molecule has 0 bridgehead atoms. The van der Waals surface area contributed by atoms with Crippen LogP contribution < -0.4 is 5.32 Å². The van der Waals surface area contributed by atoms with Crippen molar-refractivity contribution in [2.75, 3.05) is 0 Å². The van der Waals surface area contributed by atoms with Crippen LogP contribution in [-0.2, 0) is 17.7 Å². The molecule has 4 aromatic rings. The highest BCUT2D eigenvalue weighted by atomic mass is 32.2. The second-order valence-electron chi connectivity index (χ2n) is 6.38. The Balaban J connectivity index is 1.41. The number of nitrogens with zero attached hydrogens (tertiary/aromatic N) is 4. The number of aryl methyl sites for hydroxylation is 1. The van der Waals surface area contributed by atoms with Gasteiger partial charge in [0.05, 0.1) is 24.0 Å². The summed E-state index contributed by atoms with van der Waals surface area (Å²) in [5.41, 5.74) is 1.70. The largest absolute Gasteiger partial charge is 0.606 e. The minimum Gasteiger partial charge on any atom is -0.606 e. The molecule has 0 aliphatic carbocycles.